The maximum Gasteiger partial charge on any atom is 0.303 e. The molecule has 1 unspecified atom stereocenters. The first kappa shape index (κ1) is 24.1. The van der Waals surface area contributed by atoms with Crippen molar-refractivity contribution in [1.29, 1.82) is 0 Å². The summed E-state index contributed by atoms with van der Waals surface area (Å²) in [6.45, 7) is 6.82. The number of unbranched alkanes of at least 4 members (excludes halogenated alkanes) is 1. The molecule has 2 saturated carbocycles. The van der Waals surface area contributed by atoms with Crippen molar-refractivity contribution in [3.05, 3.63) is 23.8 Å². The van der Waals surface area contributed by atoms with E-state index in [1.807, 2.05) is 13.0 Å². The van der Waals surface area contributed by atoms with Gasteiger partial charge in [0.15, 0.2) is 12.4 Å². The van der Waals surface area contributed by atoms with Gasteiger partial charge in [0.05, 0.1) is 0 Å². The third-order valence-corrected chi connectivity index (χ3v) is 9.35. The molecule has 33 heavy (non-hydrogen) atoms. The largest absolute Gasteiger partial charge is 0.458 e. The minimum absolute atomic E-state index is 0.0411. The van der Waals surface area contributed by atoms with Crippen molar-refractivity contribution < 1.29 is 29.0 Å². The van der Waals surface area contributed by atoms with Gasteiger partial charge < -0.3 is 9.84 Å². The summed E-state index contributed by atoms with van der Waals surface area (Å²) in [6.07, 6.45) is 10.1. The van der Waals surface area contributed by atoms with E-state index < -0.39 is 34.8 Å². The zero-order valence-electron chi connectivity index (χ0n) is 20.2. The van der Waals surface area contributed by atoms with Crippen LogP contribution < -0.4 is 0 Å². The molecule has 0 spiro atoms. The molecule has 0 aromatic carbocycles. The molecule has 0 aromatic rings. The minimum Gasteiger partial charge on any atom is -0.458 e. The first-order valence-corrected chi connectivity index (χ1v) is 12.3. The smallest absolute Gasteiger partial charge is 0.303 e. The molecular formula is C27H36O6. The van der Waals surface area contributed by atoms with Gasteiger partial charge >= 0.3 is 5.97 Å². The van der Waals surface area contributed by atoms with Gasteiger partial charge in [0.25, 0.3) is 0 Å². The van der Waals surface area contributed by atoms with Gasteiger partial charge in [0.1, 0.15) is 11.4 Å². The molecule has 180 valence electrons. The first-order valence-electron chi connectivity index (χ1n) is 12.3. The number of hydrogen-bond acceptors (Lipinski definition) is 6. The van der Waals surface area contributed by atoms with E-state index >= 15 is 0 Å². The summed E-state index contributed by atoms with van der Waals surface area (Å²) in [4.78, 5) is 50.6. The standard InChI is InChI=1S/C27H36O6/c1-5-6-7-18-13-21-20-9-8-17-12-19(29)10-11-25(17,3)24(20)22(30)14-26(21,4)27(18,32)23(31)15-33-16(2)28/h8-9,12,18,20-21,24,32H,5-7,10-11,13-15H2,1-4H3/t18?,20-,21-,24+,25-,26-,27-/m0/s1. The molecule has 7 atom stereocenters. The lowest BCUT2D eigenvalue weighted by Crippen LogP contribution is -2.61. The number of fused-ring (bicyclic) bond motifs is 5. The predicted octanol–water partition coefficient (Wildman–Crippen LogP) is 3.75. The fourth-order valence-electron chi connectivity index (χ4n) is 7.60. The van der Waals surface area contributed by atoms with Gasteiger partial charge in [-0.05, 0) is 48.7 Å². The van der Waals surface area contributed by atoms with Crippen LogP contribution in [0.1, 0.15) is 72.6 Å². The number of Topliss-reactive ketones (excluding diaryl/α,β-unsaturated/α-hetero) is 2. The number of hydrogen-bond donors (Lipinski definition) is 1. The van der Waals surface area contributed by atoms with Gasteiger partial charge in [-0.25, -0.2) is 0 Å². The number of rotatable bonds is 6. The van der Waals surface area contributed by atoms with Crippen LogP contribution in [0.25, 0.3) is 0 Å². The summed E-state index contributed by atoms with van der Waals surface area (Å²) < 4.78 is 5.00. The Morgan fingerprint density at radius 3 is 2.64 bits per heavy atom. The zero-order chi connectivity index (χ0) is 24.2. The molecule has 4 rings (SSSR count). The molecule has 0 saturated heterocycles. The van der Waals surface area contributed by atoms with Gasteiger partial charge in [-0.1, -0.05) is 45.8 Å². The lowest BCUT2D eigenvalue weighted by Gasteiger charge is -2.55. The molecule has 6 heteroatoms. The van der Waals surface area contributed by atoms with Gasteiger partial charge in [-0.15, -0.1) is 0 Å². The van der Waals surface area contributed by atoms with Crippen LogP contribution in [0.2, 0.25) is 0 Å². The summed E-state index contributed by atoms with van der Waals surface area (Å²) in [6, 6.07) is 0. The van der Waals surface area contributed by atoms with Crippen molar-refractivity contribution in [2.24, 2.45) is 34.5 Å². The average molecular weight is 457 g/mol. The van der Waals surface area contributed by atoms with Crippen LogP contribution in [0, 0.1) is 34.5 Å². The Bertz CT molecular complexity index is 946. The second-order valence-corrected chi connectivity index (χ2v) is 11.1. The highest BCUT2D eigenvalue weighted by molar-refractivity contribution is 5.95. The van der Waals surface area contributed by atoms with E-state index in [4.69, 9.17) is 4.74 Å². The highest BCUT2D eigenvalue weighted by Gasteiger charge is 2.71. The van der Waals surface area contributed by atoms with Gasteiger partial charge in [0.2, 0.25) is 5.78 Å². The molecule has 0 amide bonds. The lowest BCUT2D eigenvalue weighted by molar-refractivity contribution is -0.175. The molecule has 6 nitrogen and oxygen atoms in total. The summed E-state index contributed by atoms with van der Waals surface area (Å²) in [5.74, 6) is -1.57. The summed E-state index contributed by atoms with van der Waals surface area (Å²) in [5, 5.41) is 12.1. The van der Waals surface area contributed by atoms with E-state index in [9.17, 15) is 24.3 Å². The molecule has 2 fully saturated rings. The maximum absolute atomic E-state index is 13.8. The number of esters is 1. The van der Waals surface area contributed by atoms with Gasteiger partial charge in [0, 0.05) is 36.5 Å². The number of carbonyl (C=O) groups is 4. The van der Waals surface area contributed by atoms with Crippen LogP contribution >= 0.6 is 0 Å². The fourth-order valence-corrected chi connectivity index (χ4v) is 7.60. The average Bonchev–Trinajstić information content (AvgIpc) is 2.98. The van der Waals surface area contributed by atoms with Crippen LogP contribution in [0.4, 0.5) is 0 Å². The van der Waals surface area contributed by atoms with Crippen molar-refractivity contribution in [1.82, 2.24) is 0 Å². The van der Waals surface area contributed by atoms with Crippen molar-refractivity contribution in [2.45, 2.75) is 78.2 Å². The molecule has 0 aromatic heterocycles. The Kier molecular flexibility index (Phi) is 6.05. The third kappa shape index (κ3) is 3.48. The van der Waals surface area contributed by atoms with Crippen LogP contribution in [0.15, 0.2) is 23.8 Å². The lowest BCUT2D eigenvalue weighted by atomic mass is 9.47. The molecular weight excluding hydrogens is 420 g/mol. The first-order chi connectivity index (χ1) is 15.5. The number of ether oxygens (including phenoxy) is 1. The SMILES string of the molecule is CCCCC1C[C@H]2[C@@H]3C=CC4=CC(=O)CC[C@]4(C)[C@H]3C(=O)C[C@]2(C)[C@@]1(O)C(=O)COC(C)=O. The molecule has 1 N–H and O–H groups in total. The number of allylic oxidation sites excluding steroid dienone is 4. The quantitative estimate of drug-likeness (QED) is 0.611. The Morgan fingerprint density at radius 2 is 1.97 bits per heavy atom. The van der Waals surface area contributed by atoms with Crippen molar-refractivity contribution in [2.75, 3.05) is 6.61 Å². The van der Waals surface area contributed by atoms with Gasteiger partial charge in [-0.2, -0.15) is 0 Å². The van der Waals surface area contributed by atoms with Crippen LogP contribution in [0.3, 0.4) is 0 Å². The van der Waals surface area contributed by atoms with Crippen molar-refractivity contribution in [3.8, 4) is 0 Å². The normalized spacial score (nSPS) is 41.7. The zero-order valence-corrected chi connectivity index (χ0v) is 20.2. The fraction of sp³-hybridized carbons (Fsp3) is 0.704. The molecule has 0 aliphatic heterocycles. The highest BCUT2D eigenvalue weighted by atomic mass is 16.5. The van der Waals surface area contributed by atoms with E-state index in [-0.39, 0.29) is 41.7 Å². The third-order valence-electron chi connectivity index (χ3n) is 9.35. The highest BCUT2D eigenvalue weighted by Crippen LogP contribution is 2.67. The monoisotopic (exact) mass is 456 g/mol. The molecule has 4 aliphatic rings. The second-order valence-electron chi connectivity index (χ2n) is 11.1. The molecule has 0 radical (unpaired) electrons. The van der Waals surface area contributed by atoms with E-state index in [1.54, 1.807) is 6.08 Å². The number of ketones is 3. The van der Waals surface area contributed by atoms with E-state index in [2.05, 4.69) is 19.9 Å². The van der Waals surface area contributed by atoms with Gasteiger partial charge in [-0.3, -0.25) is 19.2 Å². The predicted molar refractivity (Wildman–Crippen MR) is 122 cm³/mol. The second kappa shape index (κ2) is 8.30. The van der Waals surface area contributed by atoms with Crippen LogP contribution in [-0.4, -0.2) is 40.6 Å². The Balaban J connectivity index is 1.76. The molecule has 0 heterocycles. The minimum atomic E-state index is -1.71. The van der Waals surface area contributed by atoms with Crippen molar-refractivity contribution >= 4 is 23.3 Å². The molecule has 0 bridgehead atoms. The van der Waals surface area contributed by atoms with E-state index in [0.29, 0.717) is 25.7 Å². The Morgan fingerprint density at radius 1 is 1.24 bits per heavy atom. The number of aliphatic hydroxyl groups is 1. The molecule has 4 aliphatic carbocycles. The summed E-state index contributed by atoms with van der Waals surface area (Å²) >= 11 is 0. The summed E-state index contributed by atoms with van der Waals surface area (Å²) in [5.41, 5.74) is -2.10. The van der Waals surface area contributed by atoms with Crippen LogP contribution in [-0.2, 0) is 23.9 Å². The Hall–Kier alpha value is -2.08. The Labute approximate surface area is 195 Å². The van der Waals surface area contributed by atoms with E-state index in [0.717, 1.165) is 18.4 Å². The van der Waals surface area contributed by atoms with Crippen molar-refractivity contribution in [3.63, 3.8) is 0 Å². The maximum atomic E-state index is 13.8. The summed E-state index contributed by atoms with van der Waals surface area (Å²) in [7, 11) is 0. The number of carbonyl (C=O) groups excluding carboxylic acids is 4. The van der Waals surface area contributed by atoms with Crippen LogP contribution in [0.5, 0.6) is 0 Å². The van der Waals surface area contributed by atoms with E-state index in [1.165, 1.54) is 6.92 Å². The topological polar surface area (TPSA) is 97.7 Å².